The number of rotatable bonds is 6. The topological polar surface area (TPSA) is 49.2 Å². The van der Waals surface area contributed by atoms with Gasteiger partial charge in [-0.05, 0) is 47.9 Å². The minimum absolute atomic E-state index is 0.0238. The van der Waals surface area contributed by atoms with Crippen LogP contribution < -0.4 is 9.64 Å². The molecule has 3 heterocycles. The second-order valence-corrected chi connectivity index (χ2v) is 8.95. The van der Waals surface area contributed by atoms with E-state index in [0.29, 0.717) is 18.2 Å². The van der Waals surface area contributed by atoms with Gasteiger partial charge in [0.05, 0.1) is 13.4 Å². The fourth-order valence-electron chi connectivity index (χ4n) is 5.19. The Kier molecular flexibility index (Phi) is 6.35. The molecule has 2 aliphatic rings. The molecule has 2 saturated heterocycles. The van der Waals surface area contributed by atoms with Gasteiger partial charge in [-0.2, -0.15) is 0 Å². The summed E-state index contributed by atoms with van der Waals surface area (Å²) in [6.07, 6.45) is 1.56. The van der Waals surface area contributed by atoms with Crippen molar-refractivity contribution in [1.29, 1.82) is 0 Å². The lowest BCUT2D eigenvalue weighted by molar-refractivity contribution is 0.0751. The fourth-order valence-corrected chi connectivity index (χ4v) is 5.19. The lowest BCUT2D eigenvalue weighted by Crippen LogP contribution is -2.48. The molecule has 0 saturated carbocycles. The van der Waals surface area contributed by atoms with Crippen LogP contribution in [0.15, 0.2) is 77.4 Å². The number of hydrogen-bond acceptors (Lipinski definition) is 5. The monoisotopic (exact) mass is 445 g/mol. The van der Waals surface area contributed by atoms with Gasteiger partial charge in [0.25, 0.3) is 5.91 Å². The van der Waals surface area contributed by atoms with Crippen molar-refractivity contribution < 1.29 is 13.9 Å². The third-order valence-corrected chi connectivity index (χ3v) is 6.97. The van der Waals surface area contributed by atoms with Crippen molar-refractivity contribution in [3.8, 4) is 5.75 Å². The zero-order chi connectivity index (χ0) is 22.6. The van der Waals surface area contributed by atoms with Crippen molar-refractivity contribution in [2.75, 3.05) is 57.8 Å². The Balaban J connectivity index is 1.29. The van der Waals surface area contributed by atoms with Crippen molar-refractivity contribution in [3.05, 3.63) is 84.3 Å². The molecule has 0 aliphatic carbocycles. The number of para-hydroxylation sites is 1. The maximum atomic E-state index is 13.0. The summed E-state index contributed by atoms with van der Waals surface area (Å²) in [4.78, 5) is 20.0. The standard InChI is InChI=1S/C27H31N3O3/c1-32-24-10-5-7-21(17-24)25-20-30(27(31)26-11-6-16-33-26)19-22(25)18-28-12-14-29(15-13-28)23-8-3-2-4-9-23/h2-11,16-17,22,25H,12-15,18-20H2,1H3. The summed E-state index contributed by atoms with van der Waals surface area (Å²) in [7, 11) is 1.70. The summed E-state index contributed by atoms with van der Waals surface area (Å²) in [6.45, 7) is 6.52. The molecule has 2 atom stereocenters. The van der Waals surface area contributed by atoms with Crippen LogP contribution in [0.1, 0.15) is 22.0 Å². The van der Waals surface area contributed by atoms with E-state index in [9.17, 15) is 4.79 Å². The first-order chi connectivity index (χ1) is 16.2. The highest BCUT2D eigenvalue weighted by Crippen LogP contribution is 2.35. The molecule has 2 aliphatic heterocycles. The van der Waals surface area contributed by atoms with Crippen LogP contribution in [0.2, 0.25) is 0 Å². The Morgan fingerprint density at radius 3 is 2.52 bits per heavy atom. The molecule has 5 rings (SSSR count). The van der Waals surface area contributed by atoms with E-state index in [-0.39, 0.29) is 11.8 Å². The predicted octanol–water partition coefficient (Wildman–Crippen LogP) is 3.97. The van der Waals surface area contributed by atoms with Crippen LogP contribution in [0.5, 0.6) is 5.75 Å². The molecule has 33 heavy (non-hydrogen) atoms. The lowest BCUT2D eigenvalue weighted by atomic mass is 9.88. The maximum Gasteiger partial charge on any atom is 0.289 e. The van der Waals surface area contributed by atoms with Gasteiger partial charge in [-0.25, -0.2) is 0 Å². The highest BCUT2D eigenvalue weighted by Gasteiger charge is 2.38. The number of likely N-dealkylation sites (tertiary alicyclic amines) is 1. The SMILES string of the molecule is COc1cccc(C2CN(C(=O)c3ccco3)CC2CN2CCN(c3ccccc3)CC2)c1. The second-order valence-electron chi connectivity index (χ2n) is 8.95. The van der Waals surface area contributed by atoms with Gasteiger partial charge in [0.2, 0.25) is 0 Å². The first kappa shape index (κ1) is 21.6. The van der Waals surface area contributed by atoms with Gasteiger partial charge in [0.1, 0.15) is 5.75 Å². The van der Waals surface area contributed by atoms with Gasteiger partial charge in [-0.15, -0.1) is 0 Å². The number of nitrogens with zero attached hydrogens (tertiary/aromatic N) is 3. The van der Waals surface area contributed by atoms with E-state index in [1.54, 1.807) is 25.5 Å². The number of hydrogen-bond donors (Lipinski definition) is 0. The number of anilines is 1. The predicted molar refractivity (Wildman–Crippen MR) is 129 cm³/mol. The summed E-state index contributed by atoms with van der Waals surface area (Å²) >= 11 is 0. The Labute approximate surface area is 195 Å². The molecule has 6 heteroatoms. The molecule has 3 aromatic rings. The molecule has 0 bridgehead atoms. The quantitative estimate of drug-likeness (QED) is 0.575. The Morgan fingerprint density at radius 1 is 0.970 bits per heavy atom. The minimum atomic E-state index is -0.0238. The van der Waals surface area contributed by atoms with Crippen molar-refractivity contribution in [2.24, 2.45) is 5.92 Å². The minimum Gasteiger partial charge on any atom is -0.497 e. The molecule has 1 amide bonds. The highest BCUT2D eigenvalue weighted by molar-refractivity contribution is 5.91. The van der Waals surface area contributed by atoms with Gasteiger partial charge < -0.3 is 19.0 Å². The Hall–Kier alpha value is -3.25. The van der Waals surface area contributed by atoms with Crippen molar-refractivity contribution >= 4 is 11.6 Å². The van der Waals surface area contributed by atoms with Crippen molar-refractivity contribution in [3.63, 3.8) is 0 Å². The van der Waals surface area contributed by atoms with Gasteiger partial charge in [0, 0.05) is 57.4 Å². The van der Waals surface area contributed by atoms with Crippen LogP contribution in [-0.4, -0.2) is 68.6 Å². The smallest absolute Gasteiger partial charge is 0.289 e. The number of furan rings is 1. The third-order valence-electron chi connectivity index (χ3n) is 6.97. The third kappa shape index (κ3) is 4.76. The van der Waals surface area contributed by atoms with Crippen LogP contribution >= 0.6 is 0 Å². The number of ether oxygens (including phenoxy) is 1. The molecule has 2 fully saturated rings. The van der Waals surface area contributed by atoms with E-state index < -0.39 is 0 Å². The van der Waals surface area contributed by atoms with Crippen LogP contribution in [0.4, 0.5) is 5.69 Å². The van der Waals surface area contributed by atoms with E-state index in [4.69, 9.17) is 9.15 Å². The van der Waals surface area contributed by atoms with Crippen molar-refractivity contribution in [2.45, 2.75) is 5.92 Å². The average Bonchev–Trinajstić information content (AvgIpc) is 3.55. The second kappa shape index (κ2) is 9.71. The number of amides is 1. The largest absolute Gasteiger partial charge is 0.497 e. The first-order valence-corrected chi connectivity index (χ1v) is 11.7. The van der Waals surface area contributed by atoms with Crippen LogP contribution in [-0.2, 0) is 0 Å². The molecule has 0 N–H and O–H groups in total. The number of methoxy groups -OCH3 is 1. The normalized spacial score (nSPS) is 21.4. The van der Waals surface area contributed by atoms with Gasteiger partial charge in [-0.3, -0.25) is 9.69 Å². The fraction of sp³-hybridized carbons (Fsp3) is 0.370. The molecular weight excluding hydrogens is 414 g/mol. The highest BCUT2D eigenvalue weighted by atomic mass is 16.5. The van der Waals surface area contributed by atoms with E-state index in [1.165, 1.54) is 11.3 Å². The Bertz CT molecular complexity index is 1050. The van der Waals surface area contributed by atoms with Crippen molar-refractivity contribution in [1.82, 2.24) is 9.80 Å². The number of benzene rings is 2. The first-order valence-electron chi connectivity index (χ1n) is 11.7. The van der Waals surface area contributed by atoms with E-state index in [1.807, 2.05) is 17.0 Å². The summed E-state index contributed by atoms with van der Waals surface area (Å²) in [5, 5.41) is 0. The maximum absolute atomic E-state index is 13.0. The molecule has 0 radical (unpaired) electrons. The average molecular weight is 446 g/mol. The lowest BCUT2D eigenvalue weighted by Gasteiger charge is -2.37. The van der Waals surface area contributed by atoms with Crippen LogP contribution in [0.25, 0.3) is 0 Å². The summed E-state index contributed by atoms with van der Waals surface area (Å²) < 4.78 is 10.9. The summed E-state index contributed by atoms with van der Waals surface area (Å²) in [5.74, 6) is 1.88. The number of piperazine rings is 1. The molecule has 172 valence electrons. The van der Waals surface area contributed by atoms with Crippen LogP contribution in [0, 0.1) is 5.92 Å². The molecule has 2 unspecified atom stereocenters. The van der Waals surface area contributed by atoms with Gasteiger partial charge in [0.15, 0.2) is 5.76 Å². The van der Waals surface area contributed by atoms with Crippen LogP contribution in [0.3, 0.4) is 0 Å². The number of carbonyl (C=O) groups is 1. The number of carbonyl (C=O) groups excluding carboxylic acids is 1. The summed E-state index contributed by atoms with van der Waals surface area (Å²) in [6, 6.07) is 22.4. The van der Waals surface area contributed by atoms with E-state index in [0.717, 1.165) is 45.0 Å². The van der Waals surface area contributed by atoms with Gasteiger partial charge >= 0.3 is 0 Å². The van der Waals surface area contributed by atoms with E-state index in [2.05, 4.69) is 52.3 Å². The Morgan fingerprint density at radius 2 is 1.79 bits per heavy atom. The zero-order valence-corrected chi connectivity index (χ0v) is 19.1. The summed E-state index contributed by atoms with van der Waals surface area (Å²) in [5.41, 5.74) is 2.53. The van der Waals surface area contributed by atoms with Gasteiger partial charge in [-0.1, -0.05) is 30.3 Å². The molecule has 2 aromatic carbocycles. The molecule has 1 aromatic heterocycles. The van der Waals surface area contributed by atoms with E-state index >= 15 is 0 Å². The zero-order valence-electron chi connectivity index (χ0n) is 19.1. The molecule has 0 spiro atoms. The molecule has 6 nitrogen and oxygen atoms in total. The molecular formula is C27H31N3O3.